The fraction of sp³-hybridized carbons (Fsp3) is 0.143. The normalized spacial score (nSPS) is 12.0. The molecule has 0 aliphatic rings. The summed E-state index contributed by atoms with van der Waals surface area (Å²) in [4.78, 5) is 9.99. The highest BCUT2D eigenvalue weighted by Gasteiger charge is 2.33. The van der Waals surface area contributed by atoms with Gasteiger partial charge < -0.3 is 4.98 Å². The lowest BCUT2D eigenvalue weighted by molar-refractivity contribution is -0.140. The van der Waals surface area contributed by atoms with E-state index in [2.05, 4.69) is 15.0 Å². The summed E-state index contributed by atoms with van der Waals surface area (Å²) >= 11 is 6.61. The second kappa shape index (κ2) is 3.49. The first-order valence-electron chi connectivity index (χ1n) is 3.71. The fourth-order valence-electron chi connectivity index (χ4n) is 0.955. The maximum Gasteiger partial charge on any atom is 0.434 e. The molecule has 0 amide bonds. The van der Waals surface area contributed by atoms with Crippen LogP contribution < -0.4 is 0 Å². The van der Waals surface area contributed by atoms with Gasteiger partial charge in [0.25, 0.3) is 0 Å². The van der Waals surface area contributed by atoms with Gasteiger partial charge in [-0.1, -0.05) is 22.9 Å². The number of nitrogens with zero attached hydrogens (tertiary/aromatic N) is 2. The number of H-pyrrole nitrogens is 1. The lowest BCUT2D eigenvalue weighted by Crippen LogP contribution is -2.04. The summed E-state index contributed by atoms with van der Waals surface area (Å²) in [6.45, 7) is 0. The first kappa shape index (κ1) is 10.4. The number of nitrogens with one attached hydrogen (secondary N) is 1. The van der Waals surface area contributed by atoms with E-state index in [9.17, 15) is 13.2 Å². The maximum absolute atomic E-state index is 12.2. The zero-order chi connectivity index (χ0) is 11.1. The van der Waals surface area contributed by atoms with Gasteiger partial charge in [-0.3, -0.25) is 0 Å². The van der Waals surface area contributed by atoms with Gasteiger partial charge in [0.1, 0.15) is 5.82 Å². The molecule has 2 aromatic rings. The zero-order valence-electron chi connectivity index (χ0n) is 6.97. The van der Waals surface area contributed by atoms with Crippen LogP contribution in [0.15, 0.2) is 12.4 Å². The van der Waals surface area contributed by atoms with Crippen LogP contribution in [0.2, 0.25) is 4.47 Å². The van der Waals surface area contributed by atoms with Gasteiger partial charge in [0.2, 0.25) is 0 Å². The van der Waals surface area contributed by atoms with Gasteiger partial charge in [-0.15, -0.1) is 0 Å². The molecule has 2 rings (SSSR count). The smallest absolute Gasteiger partial charge is 0.343 e. The van der Waals surface area contributed by atoms with E-state index in [0.29, 0.717) is 4.88 Å². The van der Waals surface area contributed by atoms with E-state index in [1.165, 1.54) is 6.20 Å². The molecule has 80 valence electrons. The van der Waals surface area contributed by atoms with E-state index in [-0.39, 0.29) is 10.3 Å². The number of aromatic nitrogens is 3. The lowest BCUT2D eigenvalue weighted by Gasteiger charge is -1.98. The second-order valence-electron chi connectivity index (χ2n) is 2.61. The van der Waals surface area contributed by atoms with Gasteiger partial charge in [-0.05, 0) is 0 Å². The molecule has 0 spiro atoms. The molecule has 0 aliphatic heterocycles. The Bertz CT molecular complexity index is 476. The minimum atomic E-state index is -4.44. The van der Waals surface area contributed by atoms with Crippen molar-refractivity contribution in [3.8, 4) is 10.7 Å². The summed E-state index contributed by atoms with van der Waals surface area (Å²) in [5.74, 6) is 0.117. The van der Waals surface area contributed by atoms with Gasteiger partial charge in [0, 0.05) is 6.20 Å². The minimum Gasteiger partial charge on any atom is -0.343 e. The van der Waals surface area contributed by atoms with Crippen molar-refractivity contribution in [2.45, 2.75) is 6.18 Å². The van der Waals surface area contributed by atoms with Crippen molar-refractivity contribution in [3.05, 3.63) is 22.6 Å². The molecule has 8 heteroatoms. The van der Waals surface area contributed by atoms with Crippen molar-refractivity contribution in [1.29, 1.82) is 0 Å². The Balaban J connectivity index is 2.36. The molecule has 15 heavy (non-hydrogen) atoms. The third-order valence-corrected chi connectivity index (χ3v) is 2.70. The first-order chi connectivity index (χ1) is 6.97. The predicted octanol–water partition coefficient (Wildman–Crippen LogP) is 3.21. The highest BCUT2D eigenvalue weighted by molar-refractivity contribution is 7.18. The minimum absolute atomic E-state index is 0.117. The maximum atomic E-state index is 12.2. The quantitative estimate of drug-likeness (QED) is 0.848. The Hall–Kier alpha value is -1.08. The average Bonchev–Trinajstić information content (AvgIpc) is 2.69. The molecule has 0 atom stereocenters. The predicted molar refractivity (Wildman–Crippen MR) is 49.7 cm³/mol. The average molecular weight is 254 g/mol. The molecule has 3 nitrogen and oxygen atoms in total. The van der Waals surface area contributed by atoms with E-state index < -0.39 is 11.9 Å². The summed E-state index contributed by atoms with van der Waals surface area (Å²) in [7, 11) is 0. The molecule has 0 fully saturated rings. The Kier molecular flexibility index (Phi) is 2.43. The standard InChI is InChI=1S/C7H3ClF3N3S/c8-6-13-1-3(15-6)5-12-2-4(14-5)7(9,10)11/h1-2H,(H,12,14). The van der Waals surface area contributed by atoms with Crippen LogP contribution in [-0.2, 0) is 6.18 Å². The van der Waals surface area contributed by atoms with Gasteiger partial charge in [0.15, 0.2) is 10.2 Å². The number of hydrogen-bond acceptors (Lipinski definition) is 3. The number of hydrogen-bond donors (Lipinski definition) is 1. The van der Waals surface area contributed by atoms with Crippen LogP contribution >= 0.6 is 22.9 Å². The molecular formula is C7H3ClF3N3S. The van der Waals surface area contributed by atoms with Crippen LogP contribution in [0.4, 0.5) is 13.2 Å². The molecule has 0 radical (unpaired) electrons. The van der Waals surface area contributed by atoms with Crippen molar-refractivity contribution in [3.63, 3.8) is 0 Å². The van der Waals surface area contributed by atoms with E-state index >= 15 is 0 Å². The molecule has 0 saturated carbocycles. The Morgan fingerprint density at radius 3 is 2.60 bits per heavy atom. The number of alkyl halides is 3. The van der Waals surface area contributed by atoms with E-state index in [1.807, 2.05) is 0 Å². The van der Waals surface area contributed by atoms with Gasteiger partial charge in [-0.25, -0.2) is 9.97 Å². The second-order valence-corrected chi connectivity index (χ2v) is 4.22. The van der Waals surface area contributed by atoms with Gasteiger partial charge in [-0.2, -0.15) is 13.2 Å². The molecule has 0 aromatic carbocycles. The SMILES string of the molecule is FC(F)(F)c1c[nH]c(-c2cnc(Cl)s2)n1. The molecule has 0 bridgehead atoms. The van der Waals surface area contributed by atoms with Crippen molar-refractivity contribution in [2.24, 2.45) is 0 Å². The van der Waals surface area contributed by atoms with E-state index in [0.717, 1.165) is 17.5 Å². The summed E-state index contributed by atoms with van der Waals surface area (Å²) in [6.07, 6.45) is -2.27. The highest BCUT2D eigenvalue weighted by atomic mass is 35.5. The van der Waals surface area contributed by atoms with Crippen molar-refractivity contribution in [1.82, 2.24) is 15.0 Å². The first-order valence-corrected chi connectivity index (χ1v) is 4.90. The van der Waals surface area contributed by atoms with Crippen molar-refractivity contribution < 1.29 is 13.2 Å². The Labute approximate surface area is 90.9 Å². The van der Waals surface area contributed by atoms with Crippen LogP contribution in [0.3, 0.4) is 0 Å². The molecule has 2 aromatic heterocycles. The van der Waals surface area contributed by atoms with Crippen molar-refractivity contribution in [2.75, 3.05) is 0 Å². The molecule has 0 unspecified atom stereocenters. The molecule has 0 saturated heterocycles. The molecule has 1 N–H and O–H groups in total. The number of rotatable bonds is 1. The van der Waals surface area contributed by atoms with Crippen LogP contribution in [-0.4, -0.2) is 15.0 Å². The van der Waals surface area contributed by atoms with Gasteiger partial charge in [0.05, 0.1) is 11.1 Å². The Morgan fingerprint density at radius 1 is 1.40 bits per heavy atom. The third-order valence-electron chi connectivity index (χ3n) is 1.58. The van der Waals surface area contributed by atoms with Crippen LogP contribution in [0.5, 0.6) is 0 Å². The van der Waals surface area contributed by atoms with Gasteiger partial charge >= 0.3 is 6.18 Å². The number of halogens is 4. The monoisotopic (exact) mass is 253 g/mol. The lowest BCUT2D eigenvalue weighted by atomic mass is 10.5. The van der Waals surface area contributed by atoms with Crippen LogP contribution in [0.1, 0.15) is 5.69 Å². The van der Waals surface area contributed by atoms with Crippen molar-refractivity contribution >= 4 is 22.9 Å². The third kappa shape index (κ3) is 2.13. The number of imidazole rings is 1. The molecule has 2 heterocycles. The molecule has 0 aliphatic carbocycles. The summed E-state index contributed by atoms with van der Waals surface area (Å²) in [5, 5.41) is 0. The summed E-state index contributed by atoms with van der Waals surface area (Å²) < 4.78 is 36.9. The number of thiazole rings is 1. The zero-order valence-corrected chi connectivity index (χ0v) is 8.54. The Morgan fingerprint density at radius 2 is 2.13 bits per heavy atom. The van der Waals surface area contributed by atoms with Crippen LogP contribution in [0, 0.1) is 0 Å². The summed E-state index contributed by atoms with van der Waals surface area (Å²) in [5.41, 5.74) is -0.956. The van der Waals surface area contributed by atoms with E-state index in [1.54, 1.807) is 0 Å². The number of aromatic amines is 1. The largest absolute Gasteiger partial charge is 0.434 e. The molecular weight excluding hydrogens is 251 g/mol. The van der Waals surface area contributed by atoms with E-state index in [4.69, 9.17) is 11.6 Å². The highest BCUT2D eigenvalue weighted by Crippen LogP contribution is 2.31. The fourth-order valence-corrected chi connectivity index (χ4v) is 1.85. The van der Waals surface area contributed by atoms with Crippen LogP contribution in [0.25, 0.3) is 10.7 Å². The summed E-state index contributed by atoms with van der Waals surface area (Å²) in [6, 6.07) is 0. The topological polar surface area (TPSA) is 41.6 Å².